The zero-order valence-electron chi connectivity index (χ0n) is 9.17. The molecule has 1 rings (SSSR count). The highest BCUT2D eigenvalue weighted by Crippen LogP contribution is 2.22. The third-order valence-corrected chi connectivity index (χ3v) is 2.03. The van der Waals surface area contributed by atoms with Gasteiger partial charge >= 0.3 is 0 Å². The fourth-order valence-electron chi connectivity index (χ4n) is 0.986. The largest absolute Gasteiger partial charge is 0.102 e. The van der Waals surface area contributed by atoms with Crippen molar-refractivity contribution in [1.29, 1.82) is 0 Å². The van der Waals surface area contributed by atoms with Gasteiger partial charge in [-0.25, -0.2) is 0 Å². The molecule has 0 atom stereocenters. The van der Waals surface area contributed by atoms with Crippen LogP contribution in [0.4, 0.5) is 0 Å². The van der Waals surface area contributed by atoms with E-state index in [1.165, 1.54) is 5.56 Å². The van der Waals surface area contributed by atoms with Crippen molar-refractivity contribution in [2.45, 2.75) is 33.1 Å². The van der Waals surface area contributed by atoms with Gasteiger partial charge in [0.2, 0.25) is 0 Å². The Kier molecular flexibility index (Phi) is 5.13. The molecule has 72 valence electrons. The molecule has 0 fully saturated rings. The van der Waals surface area contributed by atoms with Gasteiger partial charge in [0, 0.05) is 5.41 Å². The number of benzene rings is 1. The molecule has 0 saturated carbocycles. The third-order valence-electron chi connectivity index (χ3n) is 2.03. The number of hydrogen-bond acceptors (Lipinski definition) is 0. The Morgan fingerprint density at radius 3 is 1.92 bits per heavy atom. The van der Waals surface area contributed by atoms with Crippen LogP contribution in [0.3, 0.4) is 0 Å². The molecule has 0 heterocycles. The SMILES string of the molecule is C=CC(C)(C)c1ccccc1.CC. The van der Waals surface area contributed by atoms with E-state index in [0.29, 0.717) is 0 Å². The van der Waals surface area contributed by atoms with Gasteiger partial charge in [0.1, 0.15) is 0 Å². The highest BCUT2D eigenvalue weighted by atomic mass is 14.2. The first-order chi connectivity index (χ1) is 6.17. The Hall–Kier alpha value is -1.04. The predicted molar refractivity (Wildman–Crippen MR) is 61.0 cm³/mol. The second-order valence-electron chi connectivity index (χ2n) is 3.29. The first kappa shape index (κ1) is 12.0. The molecule has 0 unspecified atom stereocenters. The minimum absolute atomic E-state index is 0.0985. The van der Waals surface area contributed by atoms with E-state index in [1.807, 2.05) is 26.0 Å². The lowest BCUT2D eigenvalue weighted by Gasteiger charge is -2.19. The molecule has 0 nitrogen and oxygen atoms in total. The Balaban J connectivity index is 0.000000671. The highest BCUT2D eigenvalue weighted by Gasteiger charge is 2.14. The van der Waals surface area contributed by atoms with Crippen molar-refractivity contribution in [2.24, 2.45) is 0 Å². The Bertz CT molecular complexity index is 231. The number of rotatable bonds is 2. The zero-order valence-corrected chi connectivity index (χ0v) is 9.17. The molecular formula is C13H20. The van der Waals surface area contributed by atoms with Gasteiger partial charge in [0.05, 0.1) is 0 Å². The van der Waals surface area contributed by atoms with Gasteiger partial charge in [-0.3, -0.25) is 0 Å². The van der Waals surface area contributed by atoms with Crippen molar-refractivity contribution >= 4 is 0 Å². The van der Waals surface area contributed by atoms with Crippen LogP contribution in [-0.2, 0) is 5.41 Å². The van der Waals surface area contributed by atoms with E-state index in [2.05, 4.69) is 44.7 Å². The number of allylic oxidation sites excluding steroid dienone is 1. The van der Waals surface area contributed by atoms with Crippen LogP contribution in [0.25, 0.3) is 0 Å². The first-order valence-electron chi connectivity index (χ1n) is 4.86. The molecule has 0 aliphatic rings. The summed E-state index contributed by atoms with van der Waals surface area (Å²) in [5.74, 6) is 0. The molecule has 0 bridgehead atoms. The first-order valence-corrected chi connectivity index (χ1v) is 4.86. The van der Waals surface area contributed by atoms with Crippen molar-refractivity contribution in [3.05, 3.63) is 48.6 Å². The summed E-state index contributed by atoms with van der Waals surface area (Å²) in [6.45, 7) is 12.1. The summed E-state index contributed by atoms with van der Waals surface area (Å²) in [5, 5.41) is 0. The van der Waals surface area contributed by atoms with Crippen LogP contribution in [0.1, 0.15) is 33.3 Å². The van der Waals surface area contributed by atoms with E-state index >= 15 is 0 Å². The van der Waals surface area contributed by atoms with E-state index < -0.39 is 0 Å². The molecule has 1 aromatic carbocycles. The summed E-state index contributed by atoms with van der Waals surface area (Å²) in [4.78, 5) is 0. The van der Waals surface area contributed by atoms with E-state index in [0.717, 1.165) is 0 Å². The molecule has 1 aromatic rings. The second kappa shape index (κ2) is 5.58. The van der Waals surface area contributed by atoms with E-state index in [1.54, 1.807) is 0 Å². The average Bonchev–Trinajstić information content (AvgIpc) is 2.22. The van der Waals surface area contributed by atoms with Crippen LogP contribution in [0.5, 0.6) is 0 Å². The topological polar surface area (TPSA) is 0 Å². The smallest absolute Gasteiger partial charge is 0.00726 e. The lowest BCUT2D eigenvalue weighted by atomic mass is 9.85. The normalized spacial score (nSPS) is 9.85. The summed E-state index contributed by atoms with van der Waals surface area (Å²) >= 11 is 0. The van der Waals surface area contributed by atoms with E-state index in [-0.39, 0.29) is 5.41 Å². The van der Waals surface area contributed by atoms with Gasteiger partial charge in [0.15, 0.2) is 0 Å². The standard InChI is InChI=1S/C11H14.C2H6/c1-4-11(2,3)10-8-6-5-7-9-10;1-2/h4-9H,1H2,2-3H3;1-2H3. The van der Waals surface area contributed by atoms with Gasteiger partial charge < -0.3 is 0 Å². The maximum absolute atomic E-state index is 3.81. The van der Waals surface area contributed by atoms with Crippen molar-refractivity contribution in [2.75, 3.05) is 0 Å². The highest BCUT2D eigenvalue weighted by molar-refractivity contribution is 5.27. The van der Waals surface area contributed by atoms with Crippen LogP contribution in [0.2, 0.25) is 0 Å². The van der Waals surface area contributed by atoms with Crippen molar-refractivity contribution in [3.63, 3.8) is 0 Å². The lowest BCUT2D eigenvalue weighted by molar-refractivity contribution is 0.672. The molecule has 0 N–H and O–H groups in total. The molecule has 0 amide bonds. The van der Waals surface area contributed by atoms with E-state index in [4.69, 9.17) is 0 Å². The lowest BCUT2D eigenvalue weighted by Crippen LogP contribution is -2.12. The second-order valence-corrected chi connectivity index (χ2v) is 3.29. The minimum atomic E-state index is 0.0985. The molecule has 0 heteroatoms. The maximum Gasteiger partial charge on any atom is 0.00726 e. The summed E-state index contributed by atoms with van der Waals surface area (Å²) in [7, 11) is 0. The molecule has 0 aromatic heterocycles. The van der Waals surface area contributed by atoms with Crippen LogP contribution in [-0.4, -0.2) is 0 Å². The quantitative estimate of drug-likeness (QED) is 0.593. The summed E-state index contributed by atoms with van der Waals surface area (Å²) in [5.41, 5.74) is 1.41. The van der Waals surface area contributed by atoms with Crippen molar-refractivity contribution in [1.82, 2.24) is 0 Å². The summed E-state index contributed by atoms with van der Waals surface area (Å²) in [6, 6.07) is 10.4. The van der Waals surface area contributed by atoms with Gasteiger partial charge in [-0.05, 0) is 5.56 Å². The monoisotopic (exact) mass is 176 g/mol. The molecule has 0 spiro atoms. The van der Waals surface area contributed by atoms with Crippen molar-refractivity contribution < 1.29 is 0 Å². The Morgan fingerprint density at radius 2 is 1.54 bits per heavy atom. The van der Waals surface area contributed by atoms with Crippen molar-refractivity contribution in [3.8, 4) is 0 Å². The summed E-state index contributed by atoms with van der Waals surface area (Å²) < 4.78 is 0. The fourth-order valence-corrected chi connectivity index (χ4v) is 0.986. The number of hydrogen-bond donors (Lipinski definition) is 0. The molecule has 0 aliphatic carbocycles. The predicted octanol–water partition coefficient (Wildman–Crippen LogP) is 4.18. The molecule has 13 heavy (non-hydrogen) atoms. The van der Waals surface area contributed by atoms with Gasteiger partial charge in [0.25, 0.3) is 0 Å². The minimum Gasteiger partial charge on any atom is -0.102 e. The Labute approximate surface area is 82.3 Å². The zero-order chi connectivity index (χ0) is 10.3. The average molecular weight is 176 g/mol. The van der Waals surface area contributed by atoms with E-state index in [9.17, 15) is 0 Å². The van der Waals surface area contributed by atoms with Crippen LogP contribution in [0, 0.1) is 0 Å². The Morgan fingerprint density at radius 1 is 1.08 bits per heavy atom. The molecule has 0 radical (unpaired) electrons. The third kappa shape index (κ3) is 3.45. The maximum atomic E-state index is 3.81. The van der Waals surface area contributed by atoms with Crippen LogP contribution in [0.15, 0.2) is 43.0 Å². The molecule has 0 saturated heterocycles. The van der Waals surface area contributed by atoms with Gasteiger partial charge in [-0.1, -0.05) is 64.1 Å². The van der Waals surface area contributed by atoms with Crippen LogP contribution < -0.4 is 0 Å². The molecule has 0 aliphatic heterocycles. The fraction of sp³-hybridized carbons (Fsp3) is 0.385. The summed E-state index contributed by atoms with van der Waals surface area (Å²) in [6.07, 6.45) is 1.97. The molecular weight excluding hydrogens is 156 g/mol. The van der Waals surface area contributed by atoms with Gasteiger partial charge in [-0.2, -0.15) is 0 Å². The van der Waals surface area contributed by atoms with Crippen LogP contribution >= 0.6 is 0 Å². The van der Waals surface area contributed by atoms with Gasteiger partial charge in [-0.15, -0.1) is 6.58 Å².